The Morgan fingerprint density at radius 1 is 0.931 bits per heavy atom. The van der Waals surface area contributed by atoms with E-state index in [2.05, 4.69) is 0 Å². The number of amides is 1. The van der Waals surface area contributed by atoms with Crippen LogP contribution in [-0.4, -0.2) is 11.7 Å². The first-order valence-electron chi connectivity index (χ1n) is 8.78. The van der Waals surface area contributed by atoms with Crippen molar-refractivity contribution in [2.45, 2.75) is 6.92 Å². The summed E-state index contributed by atoms with van der Waals surface area (Å²) in [7, 11) is 0. The fraction of sp³-hybridized carbons (Fsp3) is 0.0435. The molecule has 0 radical (unpaired) electrons. The lowest BCUT2D eigenvalue weighted by molar-refractivity contribution is 0.0969. The third kappa shape index (κ3) is 3.53. The predicted molar refractivity (Wildman–Crippen MR) is 115 cm³/mol. The highest BCUT2D eigenvalue weighted by atomic mass is 35.5. The van der Waals surface area contributed by atoms with Crippen molar-refractivity contribution in [3.8, 4) is 11.1 Å². The van der Waals surface area contributed by atoms with Crippen LogP contribution in [0.15, 0.2) is 65.1 Å². The first kappa shape index (κ1) is 19.2. The van der Waals surface area contributed by atoms with Crippen LogP contribution < -0.4 is 5.73 Å². The number of carbonyl (C=O) groups excluding carboxylic acids is 2. The molecule has 1 heterocycles. The highest BCUT2D eigenvalue weighted by Crippen LogP contribution is 2.33. The third-order valence-electron chi connectivity index (χ3n) is 4.67. The minimum atomic E-state index is -0.750. The number of aryl methyl sites for hydroxylation is 1. The monoisotopic (exact) mass is 423 g/mol. The van der Waals surface area contributed by atoms with Crippen molar-refractivity contribution in [2.24, 2.45) is 5.73 Å². The fourth-order valence-corrected chi connectivity index (χ4v) is 3.80. The second-order valence-corrected chi connectivity index (χ2v) is 7.55. The van der Waals surface area contributed by atoms with Crippen LogP contribution in [0.5, 0.6) is 0 Å². The molecule has 0 spiro atoms. The molecule has 0 aliphatic heterocycles. The molecule has 4 aromatic rings. The van der Waals surface area contributed by atoms with Gasteiger partial charge in [-0.05, 0) is 48.4 Å². The summed E-state index contributed by atoms with van der Waals surface area (Å²) in [4.78, 5) is 25.2. The molecule has 0 aliphatic rings. The minimum absolute atomic E-state index is 0.0341. The number of benzene rings is 3. The first-order valence-corrected chi connectivity index (χ1v) is 9.54. The number of primary amides is 1. The highest BCUT2D eigenvalue weighted by molar-refractivity contribution is 6.37. The van der Waals surface area contributed by atoms with E-state index in [-0.39, 0.29) is 21.9 Å². The van der Waals surface area contributed by atoms with Gasteiger partial charge in [-0.1, -0.05) is 59.1 Å². The molecule has 144 valence electrons. The second-order valence-electron chi connectivity index (χ2n) is 6.70. The number of halogens is 2. The summed E-state index contributed by atoms with van der Waals surface area (Å²) in [5, 5.41) is 1.04. The summed E-state index contributed by atoms with van der Waals surface area (Å²) in [6.07, 6.45) is 0. The van der Waals surface area contributed by atoms with Gasteiger partial charge in [0, 0.05) is 16.0 Å². The lowest BCUT2D eigenvalue weighted by Crippen LogP contribution is -2.15. The Morgan fingerprint density at radius 3 is 2.38 bits per heavy atom. The fourth-order valence-electron chi connectivity index (χ4n) is 3.30. The van der Waals surface area contributed by atoms with Crippen molar-refractivity contribution in [1.29, 1.82) is 0 Å². The van der Waals surface area contributed by atoms with Gasteiger partial charge in [0.15, 0.2) is 5.76 Å². The molecule has 0 saturated heterocycles. The van der Waals surface area contributed by atoms with Crippen molar-refractivity contribution in [3.05, 3.63) is 93.2 Å². The maximum Gasteiger partial charge on any atom is 0.253 e. The van der Waals surface area contributed by atoms with Crippen LogP contribution in [0.2, 0.25) is 10.0 Å². The van der Waals surface area contributed by atoms with E-state index in [1.54, 1.807) is 18.2 Å². The van der Waals surface area contributed by atoms with Crippen LogP contribution in [-0.2, 0) is 0 Å². The third-order valence-corrected chi connectivity index (χ3v) is 5.22. The lowest BCUT2D eigenvalue weighted by Gasteiger charge is -2.03. The molecule has 2 N–H and O–H groups in total. The molecule has 0 saturated carbocycles. The number of rotatable bonds is 4. The summed E-state index contributed by atoms with van der Waals surface area (Å²) in [6.45, 7) is 2.01. The van der Waals surface area contributed by atoms with Gasteiger partial charge in [0.25, 0.3) is 5.91 Å². The van der Waals surface area contributed by atoms with Gasteiger partial charge < -0.3 is 10.2 Å². The van der Waals surface area contributed by atoms with E-state index in [0.29, 0.717) is 16.0 Å². The molecule has 4 rings (SSSR count). The quantitative estimate of drug-likeness (QED) is 0.406. The number of carbonyl (C=O) groups is 2. The Balaban J connectivity index is 1.89. The van der Waals surface area contributed by atoms with Crippen LogP contribution in [0.25, 0.3) is 22.1 Å². The zero-order chi connectivity index (χ0) is 20.7. The smallest absolute Gasteiger partial charge is 0.253 e. The van der Waals surface area contributed by atoms with Crippen LogP contribution in [0.4, 0.5) is 0 Å². The lowest BCUT2D eigenvalue weighted by atomic mass is 10.00. The van der Waals surface area contributed by atoms with Crippen molar-refractivity contribution >= 4 is 45.9 Å². The summed E-state index contributed by atoms with van der Waals surface area (Å²) >= 11 is 12.1. The number of hydrogen-bond donors (Lipinski definition) is 1. The van der Waals surface area contributed by atoms with E-state index >= 15 is 0 Å². The van der Waals surface area contributed by atoms with Gasteiger partial charge in [0.1, 0.15) is 5.58 Å². The number of nitrogens with two attached hydrogens (primary N) is 1. The number of hydrogen-bond acceptors (Lipinski definition) is 3. The second kappa shape index (κ2) is 7.39. The molecule has 0 bridgehead atoms. The Morgan fingerprint density at radius 2 is 1.69 bits per heavy atom. The maximum atomic E-state index is 13.0. The van der Waals surface area contributed by atoms with Crippen molar-refractivity contribution < 1.29 is 14.0 Å². The van der Waals surface area contributed by atoms with Gasteiger partial charge in [0.2, 0.25) is 5.78 Å². The van der Waals surface area contributed by atoms with E-state index < -0.39 is 11.7 Å². The Kier molecular flexibility index (Phi) is 4.91. The molecule has 0 unspecified atom stereocenters. The van der Waals surface area contributed by atoms with Gasteiger partial charge in [-0.15, -0.1) is 0 Å². The van der Waals surface area contributed by atoms with E-state index in [0.717, 1.165) is 16.7 Å². The molecule has 6 heteroatoms. The molecular weight excluding hydrogens is 409 g/mol. The minimum Gasteiger partial charge on any atom is -0.452 e. The molecule has 3 aromatic carbocycles. The summed E-state index contributed by atoms with van der Waals surface area (Å²) in [6, 6.07) is 17.9. The Hall–Kier alpha value is -3.08. The molecular formula is C23H15Cl2NO3. The topological polar surface area (TPSA) is 73.3 Å². The average Bonchev–Trinajstić information content (AvgIpc) is 3.06. The Bertz CT molecular complexity index is 1290. The van der Waals surface area contributed by atoms with Gasteiger partial charge in [-0.3, -0.25) is 9.59 Å². The molecule has 1 aromatic heterocycles. The molecule has 0 fully saturated rings. The van der Waals surface area contributed by atoms with Gasteiger partial charge in [-0.2, -0.15) is 0 Å². The number of furan rings is 1. The Labute approximate surface area is 176 Å². The number of ketones is 1. The molecule has 4 nitrogen and oxygen atoms in total. The van der Waals surface area contributed by atoms with Crippen molar-refractivity contribution in [3.63, 3.8) is 0 Å². The van der Waals surface area contributed by atoms with Crippen LogP contribution in [0.1, 0.15) is 32.0 Å². The normalized spacial score (nSPS) is 11.0. The zero-order valence-corrected chi connectivity index (χ0v) is 16.8. The predicted octanol–water partition coefficient (Wildman–Crippen LogP) is 6.04. The zero-order valence-electron chi connectivity index (χ0n) is 15.3. The first-order chi connectivity index (χ1) is 13.8. The summed E-state index contributed by atoms with van der Waals surface area (Å²) < 4.78 is 5.81. The molecule has 0 aliphatic carbocycles. The van der Waals surface area contributed by atoms with Gasteiger partial charge in [0.05, 0.1) is 10.6 Å². The number of fused-ring (bicyclic) bond motifs is 1. The van der Waals surface area contributed by atoms with Gasteiger partial charge in [-0.25, -0.2) is 0 Å². The summed E-state index contributed by atoms with van der Waals surface area (Å²) in [5.74, 6) is -1.42. The van der Waals surface area contributed by atoms with Crippen LogP contribution >= 0.6 is 23.2 Å². The molecule has 29 heavy (non-hydrogen) atoms. The van der Waals surface area contributed by atoms with E-state index in [4.69, 9.17) is 33.4 Å². The SMILES string of the molecule is Cc1cccc(-c2ccc3c(C(N)=O)c(C(=O)c4ccc(Cl)cc4Cl)oc3c2)c1. The molecule has 0 atom stereocenters. The van der Waals surface area contributed by atoms with Crippen molar-refractivity contribution in [1.82, 2.24) is 0 Å². The van der Waals surface area contributed by atoms with Gasteiger partial charge >= 0.3 is 0 Å². The average molecular weight is 424 g/mol. The summed E-state index contributed by atoms with van der Waals surface area (Å²) in [5.41, 5.74) is 9.19. The van der Waals surface area contributed by atoms with Crippen molar-refractivity contribution in [2.75, 3.05) is 0 Å². The van der Waals surface area contributed by atoms with Crippen LogP contribution in [0, 0.1) is 6.92 Å². The molecule has 1 amide bonds. The largest absolute Gasteiger partial charge is 0.452 e. The maximum absolute atomic E-state index is 13.0. The van der Waals surface area contributed by atoms with E-state index in [1.165, 1.54) is 12.1 Å². The van der Waals surface area contributed by atoms with E-state index in [9.17, 15) is 9.59 Å². The van der Waals surface area contributed by atoms with E-state index in [1.807, 2.05) is 37.3 Å². The highest BCUT2D eigenvalue weighted by Gasteiger charge is 2.26. The standard InChI is InChI=1S/C23H15Cl2NO3/c1-12-3-2-4-13(9-12)14-5-7-17-19(10-14)29-22(20(17)23(26)28)21(27)16-8-6-15(24)11-18(16)25/h2-11H,1H3,(H2,26,28). The van der Waals surface area contributed by atoms with Crippen LogP contribution in [0.3, 0.4) is 0 Å².